The topological polar surface area (TPSA) is 412 Å². The van der Waals surface area contributed by atoms with Gasteiger partial charge in [0.05, 0.1) is 31.5 Å². The van der Waals surface area contributed by atoms with Gasteiger partial charge >= 0.3 is 5.97 Å². The molecular formula is C38H73N11O13. The van der Waals surface area contributed by atoms with Crippen molar-refractivity contribution in [2.75, 3.05) is 19.7 Å². The first-order chi connectivity index (χ1) is 28.3. The van der Waals surface area contributed by atoms with Gasteiger partial charge in [-0.15, -0.1) is 0 Å². The maximum atomic E-state index is 13.9. The van der Waals surface area contributed by atoms with E-state index in [0.717, 1.165) is 6.92 Å². The summed E-state index contributed by atoms with van der Waals surface area (Å²) in [5.74, 6) is -9.44. The monoisotopic (exact) mass is 892 g/mol. The van der Waals surface area contributed by atoms with Crippen LogP contribution in [0.1, 0.15) is 88.5 Å². The number of carbonyl (C=O) groups is 8. The van der Waals surface area contributed by atoms with Gasteiger partial charge in [0.15, 0.2) is 5.96 Å². The van der Waals surface area contributed by atoms with Crippen molar-refractivity contribution >= 4 is 53.3 Å². The number of aliphatic hydroxyl groups excluding tert-OH is 4. The number of nitrogens with one attached hydrogen (secondary N) is 7. The molecule has 0 saturated heterocycles. The van der Waals surface area contributed by atoms with E-state index in [0.29, 0.717) is 6.42 Å². The van der Waals surface area contributed by atoms with Crippen molar-refractivity contribution in [2.45, 2.75) is 149 Å². The number of nitrogens with two attached hydrogens (primary N) is 3. The molecule has 7 amide bonds. The minimum Gasteiger partial charge on any atom is -0.480 e. The fourth-order valence-electron chi connectivity index (χ4n) is 5.54. The highest BCUT2D eigenvalue weighted by Gasteiger charge is 2.36. The number of aliphatic hydroxyl groups is 4. The van der Waals surface area contributed by atoms with Crippen LogP contribution in [0.15, 0.2) is 4.99 Å². The Kier molecular flexibility index (Phi) is 27.7. The molecule has 24 heteroatoms. The van der Waals surface area contributed by atoms with Gasteiger partial charge in [-0.2, -0.15) is 0 Å². The minimum absolute atomic E-state index is 0. The van der Waals surface area contributed by atoms with E-state index in [9.17, 15) is 58.8 Å². The molecule has 0 unspecified atom stereocenters. The van der Waals surface area contributed by atoms with Crippen LogP contribution >= 0.6 is 0 Å². The molecular weight excluding hydrogens is 818 g/mol. The van der Waals surface area contributed by atoms with E-state index >= 15 is 0 Å². The molecule has 0 spiro atoms. The molecule has 24 nitrogen and oxygen atoms in total. The fourth-order valence-corrected chi connectivity index (χ4v) is 5.54. The summed E-state index contributed by atoms with van der Waals surface area (Å²) in [4.78, 5) is 108. The molecule has 0 aromatic heterocycles. The van der Waals surface area contributed by atoms with Gasteiger partial charge in [0.25, 0.3) is 0 Å². The van der Waals surface area contributed by atoms with Gasteiger partial charge in [-0.05, 0) is 50.9 Å². The summed E-state index contributed by atoms with van der Waals surface area (Å²) >= 11 is 0. The second-order valence-corrected chi connectivity index (χ2v) is 15.6. The third kappa shape index (κ3) is 21.1. The first kappa shape index (κ1) is 58.9. The van der Waals surface area contributed by atoms with Crippen LogP contribution in [0.2, 0.25) is 0 Å². The lowest BCUT2D eigenvalue weighted by Gasteiger charge is -2.30. The molecule has 0 fully saturated rings. The van der Waals surface area contributed by atoms with Gasteiger partial charge in [0, 0.05) is 6.54 Å². The van der Waals surface area contributed by atoms with Crippen molar-refractivity contribution in [1.82, 2.24) is 37.2 Å². The molecule has 0 aromatic carbocycles. The summed E-state index contributed by atoms with van der Waals surface area (Å²) in [5.41, 5.74) is 16.8. The van der Waals surface area contributed by atoms with Crippen molar-refractivity contribution in [2.24, 2.45) is 39.9 Å². The number of nitrogens with zero attached hydrogens (tertiary/aromatic N) is 1. The van der Waals surface area contributed by atoms with Crippen LogP contribution in [0.25, 0.3) is 0 Å². The third-order valence-electron chi connectivity index (χ3n) is 9.43. The van der Waals surface area contributed by atoms with Crippen molar-refractivity contribution in [3.63, 3.8) is 0 Å². The molecule has 0 heterocycles. The number of guanidine groups is 1. The maximum Gasteiger partial charge on any atom is 0.328 e. The Hall–Kier alpha value is -5.17. The fraction of sp³-hybridized carbons (Fsp3) is 0.763. The van der Waals surface area contributed by atoms with Crippen molar-refractivity contribution in [3.05, 3.63) is 0 Å². The van der Waals surface area contributed by atoms with Gasteiger partial charge in [-0.25, -0.2) is 4.79 Å². The first-order valence-electron chi connectivity index (χ1n) is 20.1. The zero-order valence-corrected chi connectivity index (χ0v) is 36.1. The summed E-state index contributed by atoms with van der Waals surface area (Å²) in [6.07, 6.45) is -3.74. The molecule has 0 saturated carbocycles. The minimum atomic E-state index is -1.73. The average molecular weight is 892 g/mol. The molecule has 0 rings (SSSR count). The number of rotatable bonds is 28. The molecule has 0 bridgehead atoms. The molecule has 18 N–H and O–H groups in total. The SMILES string of the molecule is C.CC[C@H](C)[C@H](NC(=O)[C@@H](CCCN=C(N)N)NC(=O)[C@H](CC(C)C)NC(=O)[C@@H](N)[C@H](O)C(C)C)C(=O)N[C@H](C(=O)NCC(=O)N[C@H](C(=O)N[C@@H](CO)C(=O)O)[C@@H](C)O)[C@H](C)O. The highest BCUT2D eigenvalue weighted by molar-refractivity contribution is 5.97. The summed E-state index contributed by atoms with van der Waals surface area (Å²) in [5, 5.41) is 65.5. The van der Waals surface area contributed by atoms with Crippen LogP contribution in [0.4, 0.5) is 0 Å². The molecule has 0 aliphatic carbocycles. The molecule has 358 valence electrons. The number of aliphatic imine (C=N–C) groups is 1. The Morgan fingerprint density at radius 1 is 0.645 bits per heavy atom. The maximum absolute atomic E-state index is 13.9. The predicted molar refractivity (Wildman–Crippen MR) is 227 cm³/mol. The lowest BCUT2D eigenvalue weighted by atomic mass is 9.96. The number of aliphatic carboxylic acids is 1. The van der Waals surface area contributed by atoms with E-state index in [4.69, 9.17) is 22.3 Å². The van der Waals surface area contributed by atoms with Crippen LogP contribution in [-0.2, 0) is 38.4 Å². The quantitative estimate of drug-likeness (QED) is 0.0199. The third-order valence-corrected chi connectivity index (χ3v) is 9.43. The molecule has 0 aromatic rings. The summed E-state index contributed by atoms with van der Waals surface area (Å²) < 4.78 is 0. The number of amides is 7. The second-order valence-electron chi connectivity index (χ2n) is 15.6. The van der Waals surface area contributed by atoms with Gasteiger partial charge in [0.2, 0.25) is 41.4 Å². The summed E-state index contributed by atoms with van der Waals surface area (Å²) in [6.45, 7) is 10.8. The highest BCUT2D eigenvalue weighted by Crippen LogP contribution is 2.13. The van der Waals surface area contributed by atoms with E-state index in [1.807, 2.05) is 5.32 Å². The highest BCUT2D eigenvalue weighted by atomic mass is 16.4. The molecule has 62 heavy (non-hydrogen) atoms. The van der Waals surface area contributed by atoms with Crippen molar-refractivity contribution in [1.29, 1.82) is 0 Å². The number of hydrogen-bond acceptors (Lipinski definition) is 14. The Bertz CT molecular complexity index is 1510. The van der Waals surface area contributed by atoms with Gasteiger partial charge < -0.3 is 80.0 Å². The first-order valence-corrected chi connectivity index (χ1v) is 20.1. The summed E-state index contributed by atoms with van der Waals surface area (Å²) in [7, 11) is 0. The Morgan fingerprint density at radius 2 is 1.13 bits per heavy atom. The Balaban J connectivity index is 0. The standard InChI is InChI=1S/C37H69N11O13.CH4/c1-9-18(6)26(34(58)48-27(19(7)50)33(57)42-14-24(52)46-28(20(8)51)35(59)45-23(15-49)36(60)61)47-30(54)21(11-10-12-41-37(39)40)43-31(55)22(13-16(2)3)44-32(56)25(38)29(53)17(4)5;/h16-23,25-29,49-51,53H,9-15,38H2,1-8H3,(H,42,57)(H,43,55)(H,44,56)(H,45,59)(H,46,52)(H,47,54)(H,48,58)(H,60,61)(H4,39,40,41);1H4/t18-,19-,20+,21+,22-,23-,25-,26-,27-,28-,29+;/m0./s1. The van der Waals surface area contributed by atoms with Crippen molar-refractivity contribution < 1.29 is 63.9 Å². The van der Waals surface area contributed by atoms with E-state index in [2.05, 4.69) is 36.9 Å². The van der Waals surface area contributed by atoms with Gasteiger partial charge in [0.1, 0.15) is 42.3 Å². The zero-order valence-electron chi connectivity index (χ0n) is 36.1. The molecule has 11 atom stereocenters. The van der Waals surface area contributed by atoms with Gasteiger partial charge in [-0.1, -0.05) is 55.4 Å². The lowest BCUT2D eigenvalue weighted by molar-refractivity contribution is -0.144. The predicted octanol–water partition coefficient (Wildman–Crippen LogP) is -5.02. The second kappa shape index (κ2) is 29.2. The van der Waals surface area contributed by atoms with Crippen LogP contribution in [0.3, 0.4) is 0 Å². The van der Waals surface area contributed by atoms with Gasteiger partial charge in [-0.3, -0.25) is 38.6 Å². The van der Waals surface area contributed by atoms with E-state index < -0.39 is 127 Å². The van der Waals surface area contributed by atoms with E-state index in [-0.39, 0.29) is 51.0 Å². The van der Waals surface area contributed by atoms with Crippen molar-refractivity contribution in [3.8, 4) is 0 Å². The number of carboxylic acid groups (broad SMARTS) is 1. The zero-order chi connectivity index (χ0) is 47.3. The van der Waals surface area contributed by atoms with Crippen LogP contribution in [0.5, 0.6) is 0 Å². The molecule has 0 aliphatic rings. The average Bonchev–Trinajstić information content (AvgIpc) is 3.17. The van der Waals surface area contributed by atoms with E-state index in [1.54, 1.807) is 41.5 Å². The Labute approximate surface area is 362 Å². The molecule has 0 radical (unpaired) electrons. The smallest absolute Gasteiger partial charge is 0.328 e. The van der Waals surface area contributed by atoms with Crippen LogP contribution < -0.4 is 54.4 Å². The number of hydrogen-bond donors (Lipinski definition) is 15. The lowest BCUT2D eigenvalue weighted by Crippen LogP contribution is -2.62. The summed E-state index contributed by atoms with van der Waals surface area (Å²) in [6, 6.07) is -10.3. The molecule has 0 aliphatic heterocycles. The van der Waals surface area contributed by atoms with Crippen LogP contribution in [0, 0.1) is 17.8 Å². The number of carbonyl (C=O) groups excluding carboxylic acids is 7. The Morgan fingerprint density at radius 3 is 1.60 bits per heavy atom. The largest absolute Gasteiger partial charge is 0.480 e. The van der Waals surface area contributed by atoms with E-state index in [1.165, 1.54) is 6.92 Å². The number of carboxylic acids is 1. The van der Waals surface area contributed by atoms with Crippen LogP contribution in [-0.4, -0.2) is 159 Å². The normalized spacial score (nSPS) is 16.4.